The summed E-state index contributed by atoms with van der Waals surface area (Å²) in [5, 5.41) is 12.0. The van der Waals surface area contributed by atoms with Gasteiger partial charge in [0.1, 0.15) is 0 Å². The molecule has 0 aliphatic carbocycles. The molecule has 0 unspecified atom stereocenters. The third-order valence-electron chi connectivity index (χ3n) is 2.33. The van der Waals surface area contributed by atoms with Gasteiger partial charge in [-0.05, 0) is 0 Å². The number of carboxylic acid groups (broad SMARTS) is 1. The van der Waals surface area contributed by atoms with E-state index in [9.17, 15) is 14.4 Å². The van der Waals surface area contributed by atoms with Crippen LogP contribution >= 0.6 is 0 Å². The molecule has 2 aromatic heterocycles. The second-order valence-electron chi connectivity index (χ2n) is 3.62. The van der Waals surface area contributed by atoms with Crippen LogP contribution in [0.2, 0.25) is 0 Å². The van der Waals surface area contributed by atoms with Gasteiger partial charge in [-0.2, -0.15) is 0 Å². The zero-order chi connectivity index (χ0) is 13.3. The van der Waals surface area contributed by atoms with Gasteiger partial charge in [-0.1, -0.05) is 5.16 Å². The van der Waals surface area contributed by atoms with Crippen molar-refractivity contribution in [2.45, 2.75) is 6.54 Å². The third kappa shape index (κ3) is 2.08. The van der Waals surface area contributed by atoms with Crippen molar-refractivity contribution in [2.24, 2.45) is 7.05 Å². The summed E-state index contributed by atoms with van der Waals surface area (Å²) in [5.41, 5.74) is -1.28. The van der Waals surface area contributed by atoms with E-state index in [1.54, 1.807) is 0 Å². The minimum atomic E-state index is -1.24. The summed E-state index contributed by atoms with van der Waals surface area (Å²) in [5.74, 6) is -1.11. The van der Waals surface area contributed by atoms with E-state index in [1.165, 1.54) is 29.9 Å². The van der Waals surface area contributed by atoms with E-state index in [0.717, 1.165) is 4.57 Å². The van der Waals surface area contributed by atoms with Crippen molar-refractivity contribution in [2.75, 3.05) is 0 Å². The predicted octanol–water partition coefficient (Wildman–Crippen LogP) is -0.719. The molecule has 8 nitrogen and oxygen atoms in total. The molecule has 0 spiro atoms. The Morgan fingerprint density at radius 3 is 2.83 bits per heavy atom. The number of carboxylic acids is 1. The lowest BCUT2D eigenvalue weighted by molar-refractivity contribution is 0.0685. The molecule has 2 heterocycles. The first kappa shape index (κ1) is 11.8. The highest BCUT2D eigenvalue weighted by Gasteiger charge is 2.12. The topological polar surface area (TPSA) is 107 Å². The van der Waals surface area contributed by atoms with Gasteiger partial charge in [-0.15, -0.1) is 0 Å². The molecule has 0 amide bonds. The Morgan fingerprint density at radius 1 is 1.50 bits per heavy atom. The number of hydrogen-bond acceptors (Lipinski definition) is 5. The molecule has 0 saturated carbocycles. The first-order chi connectivity index (χ1) is 8.49. The summed E-state index contributed by atoms with van der Waals surface area (Å²) < 4.78 is 6.90. The molecule has 2 aromatic rings. The molecule has 0 fully saturated rings. The van der Waals surface area contributed by atoms with Gasteiger partial charge in [0.2, 0.25) is 0 Å². The molecule has 0 atom stereocenters. The molecule has 0 aromatic carbocycles. The van der Waals surface area contributed by atoms with Crippen molar-refractivity contribution < 1.29 is 14.4 Å². The predicted molar refractivity (Wildman–Crippen MR) is 58.5 cm³/mol. The van der Waals surface area contributed by atoms with Crippen LogP contribution < -0.4 is 11.2 Å². The van der Waals surface area contributed by atoms with Gasteiger partial charge in [0.05, 0.1) is 6.54 Å². The molecule has 0 bridgehead atoms. The van der Waals surface area contributed by atoms with Gasteiger partial charge in [-0.25, -0.2) is 9.59 Å². The summed E-state index contributed by atoms with van der Waals surface area (Å²) in [4.78, 5) is 33.8. The van der Waals surface area contributed by atoms with Crippen molar-refractivity contribution in [1.82, 2.24) is 14.3 Å². The lowest BCUT2D eigenvalue weighted by atomic mass is 10.3. The fourth-order valence-corrected chi connectivity index (χ4v) is 1.40. The quantitative estimate of drug-likeness (QED) is 0.771. The highest BCUT2D eigenvalue weighted by molar-refractivity contribution is 5.85. The normalized spacial score (nSPS) is 10.5. The van der Waals surface area contributed by atoms with Crippen molar-refractivity contribution in [3.05, 3.63) is 50.6 Å². The highest BCUT2D eigenvalue weighted by Crippen LogP contribution is 2.03. The van der Waals surface area contributed by atoms with E-state index in [1.807, 2.05) is 0 Å². The van der Waals surface area contributed by atoms with Gasteiger partial charge in [0, 0.05) is 25.4 Å². The summed E-state index contributed by atoms with van der Waals surface area (Å²) in [6, 6.07) is 2.40. The number of hydrogen-bond donors (Lipinski definition) is 1. The molecule has 1 N–H and O–H groups in total. The van der Waals surface area contributed by atoms with Crippen LogP contribution in [0.15, 0.2) is 32.4 Å². The lowest BCUT2D eigenvalue weighted by Gasteiger charge is -2.03. The Balaban J connectivity index is 2.40. The van der Waals surface area contributed by atoms with Crippen LogP contribution in [-0.2, 0) is 13.6 Å². The smallest absolute Gasteiger partial charge is 0.358 e. The molecule has 8 heteroatoms. The van der Waals surface area contributed by atoms with Crippen LogP contribution in [0.5, 0.6) is 0 Å². The maximum Gasteiger partial charge on any atom is 0.358 e. The van der Waals surface area contributed by atoms with Gasteiger partial charge >= 0.3 is 11.7 Å². The Hall–Kier alpha value is -2.64. The van der Waals surface area contributed by atoms with E-state index < -0.39 is 17.2 Å². The fraction of sp³-hybridized carbons (Fsp3) is 0.200. The summed E-state index contributed by atoms with van der Waals surface area (Å²) in [7, 11) is 1.50. The van der Waals surface area contributed by atoms with Gasteiger partial charge in [0.25, 0.3) is 5.56 Å². The van der Waals surface area contributed by atoms with Crippen molar-refractivity contribution in [1.29, 1.82) is 0 Å². The van der Waals surface area contributed by atoms with E-state index in [4.69, 9.17) is 9.63 Å². The minimum Gasteiger partial charge on any atom is -0.476 e. The molecule has 0 aliphatic heterocycles. The summed E-state index contributed by atoms with van der Waals surface area (Å²) in [6.07, 6.45) is 1.35. The van der Waals surface area contributed by atoms with Gasteiger partial charge in [0.15, 0.2) is 11.5 Å². The van der Waals surface area contributed by atoms with E-state index in [2.05, 4.69) is 5.16 Å². The minimum absolute atomic E-state index is 0.123. The van der Waals surface area contributed by atoms with E-state index >= 15 is 0 Å². The Morgan fingerprint density at radius 2 is 2.22 bits per heavy atom. The average molecular weight is 251 g/mol. The van der Waals surface area contributed by atoms with Crippen LogP contribution in [-0.4, -0.2) is 25.4 Å². The SMILES string of the molecule is Cn1ccc(=O)n(Cc2cc(C(=O)O)no2)c1=O. The second-order valence-corrected chi connectivity index (χ2v) is 3.62. The van der Waals surface area contributed by atoms with Crippen molar-refractivity contribution in [3.63, 3.8) is 0 Å². The number of carbonyl (C=O) groups is 1. The molecule has 18 heavy (non-hydrogen) atoms. The molecule has 0 radical (unpaired) electrons. The van der Waals surface area contributed by atoms with Crippen LogP contribution in [0.25, 0.3) is 0 Å². The number of aryl methyl sites for hydroxylation is 1. The molecule has 94 valence electrons. The standard InChI is InChI=1S/C10H9N3O5/c1-12-3-2-8(14)13(10(12)17)5-6-4-7(9(15)16)11-18-6/h2-4H,5H2,1H3,(H,15,16). The van der Waals surface area contributed by atoms with Crippen LogP contribution in [0, 0.1) is 0 Å². The van der Waals surface area contributed by atoms with Gasteiger partial charge in [-0.3, -0.25) is 9.36 Å². The fourth-order valence-electron chi connectivity index (χ4n) is 1.40. The number of nitrogens with zero attached hydrogens (tertiary/aromatic N) is 3. The Bertz CT molecular complexity index is 709. The Labute approximate surface area is 99.7 Å². The zero-order valence-electron chi connectivity index (χ0n) is 9.36. The molecule has 0 aliphatic rings. The maximum absolute atomic E-state index is 11.7. The van der Waals surface area contributed by atoms with Gasteiger partial charge < -0.3 is 14.2 Å². The second kappa shape index (κ2) is 4.32. The van der Waals surface area contributed by atoms with E-state index in [-0.39, 0.29) is 18.0 Å². The maximum atomic E-state index is 11.7. The number of rotatable bonds is 3. The zero-order valence-corrected chi connectivity index (χ0v) is 9.36. The third-order valence-corrected chi connectivity index (χ3v) is 2.33. The summed E-state index contributed by atoms with van der Waals surface area (Å²) >= 11 is 0. The van der Waals surface area contributed by atoms with Crippen LogP contribution in [0.1, 0.15) is 16.2 Å². The average Bonchev–Trinajstić information content (AvgIpc) is 2.78. The first-order valence-electron chi connectivity index (χ1n) is 4.94. The van der Waals surface area contributed by atoms with Crippen LogP contribution in [0.4, 0.5) is 0 Å². The monoisotopic (exact) mass is 251 g/mol. The molecular formula is C10H9N3O5. The highest BCUT2D eigenvalue weighted by atomic mass is 16.5. The summed E-state index contributed by atoms with van der Waals surface area (Å²) in [6.45, 7) is -0.160. The molecule has 0 saturated heterocycles. The van der Waals surface area contributed by atoms with Crippen LogP contribution in [0.3, 0.4) is 0 Å². The first-order valence-corrected chi connectivity index (χ1v) is 4.94. The lowest BCUT2D eigenvalue weighted by Crippen LogP contribution is -2.38. The largest absolute Gasteiger partial charge is 0.476 e. The van der Waals surface area contributed by atoms with Crippen molar-refractivity contribution >= 4 is 5.97 Å². The van der Waals surface area contributed by atoms with E-state index in [0.29, 0.717) is 0 Å². The number of aromatic carboxylic acids is 1. The molecule has 2 rings (SSSR count). The Kier molecular flexibility index (Phi) is 2.84. The molecular weight excluding hydrogens is 242 g/mol. The van der Waals surface area contributed by atoms with Crippen molar-refractivity contribution in [3.8, 4) is 0 Å². The number of aromatic nitrogens is 3.